The molecule has 3 heterocycles. The van der Waals surface area contributed by atoms with Gasteiger partial charge in [0.15, 0.2) is 5.60 Å². The van der Waals surface area contributed by atoms with Gasteiger partial charge >= 0.3 is 0 Å². The fourth-order valence-corrected chi connectivity index (χ4v) is 4.64. The molecule has 3 saturated heterocycles. The summed E-state index contributed by atoms with van der Waals surface area (Å²) in [5, 5.41) is 9.77. The Morgan fingerprint density at radius 1 is 1.16 bits per heavy atom. The van der Waals surface area contributed by atoms with E-state index in [0.717, 1.165) is 0 Å². The van der Waals surface area contributed by atoms with Crippen LogP contribution in [0.25, 0.3) is 0 Å². The van der Waals surface area contributed by atoms with Crippen LogP contribution in [0.3, 0.4) is 0 Å². The first-order valence-corrected chi connectivity index (χ1v) is 9.53. The van der Waals surface area contributed by atoms with Gasteiger partial charge < -0.3 is 47.9 Å². The van der Waals surface area contributed by atoms with Crippen molar-refractivity contribution in [2.75, 3.05) is 26.9 Å². The average molecular weight is 594 g/mol. The Bertz CT molecular complexity index is 624. The van der Waals surface area contributed by atoms with Gasteiger partial charge in [0.1, 0.15) is 35.6 Å². The van der Waals surface area contributed by atoms with Crippen molar-refractivity contribution in [3.8, 4) is 0 Å². The number of aliphatic hydroxyl groups excluding tert-OH is 1. The Labute approximate surface area is 232 Å². The van der Waals surface area contributed by atoms with Crippen molar-refractivity contribution in [3.05, 3.63) is 0 Å². The third-order valence-electron chi connectivity index (χ3n) is 6.20. The van der Waals surface area contributed by atoms with Gasteiger partial charge in [-0.2, -0.15) is 0 Å². The van der Waals surface area contributed by atoms with Gasteiger partial charge in [0.05, 0.1) is 32.0 Å². The molecule has 2 radical (unpaired) electrons. The molecule has 9 unspecified atom stereocenters. The van der Waals surface area contributed by atoms with Gasteiger partial charge in [-0.25, -0.2) is 0 Å². The van der Waals surface area contributed by atoms with Crippen LogP contribution in [-0.4, -0.2) is 98.4 Å². The van der Waals surface area contributed by atoms with Gasteiger partial charge in [0.25, 0.3) is 0 Å². The van der Waals surface area contributed by atoms with Crippen molar-refractivity contribution in [1.82, 2.24) is 0 Å². The molecule has 3 fully saturated rings. The topological polar surface area (TPSA) is 119 Å². The van der Waals surface area contributed by atoms with Crippen molar-refractivity contribution in [2.24, 2.45) is 0 Å². The molecule has 0 saturated carbocycles. The van der Waals surface area contributed by atoms with Crippen LogP contribution in [0, 0.1) is 0 Å². The van der Waals surface area contributed by atoms with E-state index in [-0.39, 0.29) is 85.2 Å². The molecule has 31 heavy (non-hydrogen) atoms. The van der Waals surface area contributed by atoms with Gasteiger partial charge in [0, 0.05) is 72.5 Å². The van der Waals surface area contributed by atoms with Crippen LogP contribution in [0.4, 0.5) is 0 Å². The molecule has 1 N–H and O–H groups in total. The number of hydrogen-bond donors (Lipinski definition) is 1. The molecule has 3 rings (SSSR count). The third kappa shape index (κ3) is 5.00. The molecule has 1 spiro atoms. The Morgan fingerprint density at radius 2 is 1.81 bits per heavy atom. The first-order chi connectivity index (χ1) is 13.7. The summed E-state index contributed by atoms with van der Waals surface area (Å²) in [6.45, 7) is 10.1. The molecule has 172 valence electrons. The first-order valence-electron chi connectivity index (χ1n) is 9.53. The van der Waals surface area contributed by atoms with Crippen molar-refractivity contribution >= 4 is 12.9 Å². The Hall–Kier alpha value is 0.908. The van der Waals surface area contributed by atoms with Crippen LogP contribution in [0.15, 0.2) is 0 Å². The van der Waals surface area contributed by atoms with E-state index in [1.807, 2.05) is 0 Å². The average Bonchev–Trinajstić information content (AvgIpc) is 2.64. The zero-order valence-corrected chi connectivity index (χ0v) is 24.0. The van der Waals surface area contributed by atoms with Crippen LogP contribution >= 0.6 is 0 Å². The number of hydrogen-bond acceptors (Lipinski definition) is 10. The van der Waals surface area contributed by atoms with E-state index in [0.29, 0.717) is 0 Å². The Kier molecular flexibility index (Phi) is 11.2. The molecule has 0 aromatic carbocycles. The number of aliphatic hydroxyl groups is 1. The number of carbonyl (C=O) groups excluding carboxylic acids is 2. The molecule has 10 nitrogen and oxygen atoms in total. The van der Waals surface area contributed by atoms with Crippen LogP contribution in [0.2, 0.25) is 0 Å². The summed E-state index contributed by atoms with van der Waals surface area (Å²) in [4.78, 5) is 21.8. The predicted molar refractivity (Wildman–Crippen MR) is 95.3 cm³/mol. The van der Waals surface area contributed by atoms with Gasteiger partial charge in [-0.1, -0.05) is 12.9 Å². The zero-order valence-electron chi connectivity index (χ0n) is 18.4. The van der Waals surface area contributed by atoms with E-state index in [9.17, 15) is 14.7 Å². The second kappa shape index (κ2) is 11.6. The van der Waals surface area contributed by atoms with E-state index in [1.54, 1.807) is 27.7 Å². The second-order valence-electron chi connectivity index (χ2n) is 8.27. The smallest absolute Gasteiger partial charge is 0.161 e. The van der Waals surface area contributed by atoms with E-state index >= 15 is 0 Å². The summed E-state index contributed by atoms with van der Waals surface area (Å²) in [6.07, 6.45) is -4.18. The molecule has 0 bridgehead atoms. The molecule has 0 aromatic rings. The monoisotopic (exact) mass is 594 g/mol. The third-order valence-corrected chi connectivity index (χ3v) is 6.20. The van der Waals surface area contributed by atoms with Crippen LogP contribution in [0.5, 0.6) is 0 Å². The zero-order chi connectivity index (χ0) is 21.4. The molecule has 0 aromatic heterocycles. The predicted octanol–water partition coefficient (Wildman–Crippen LogP) is -0.597. The summed E-state index contributed by atoms with van der Waals surface area (Å²) in [5.41, 5.74) is -3.19. The van der Waals surface area contributed by atoms with E-state index in [1.165, 1.54) is 20.1 Å². The summed E-state index contributed by atoms with van der Waals surface area (Å²) < 4.78 is 40.0. The standard InChI is InChI=1S/C19H28O10.2Y/c1-11(22)6-24-16-13(23-5)14(15-17(3,7-25-15)27-9-20)29-12(2)19(16)18(4,8-26-19)28-10-21;;/h11-16,22H,6-8H2,1-5H3;;/q-2;;. The Balaban J connectivity index is 0.00000240. The van der Waals surface area contributed by atoms with Crippen LogP contribution in [-0.2, 0) is 108 Å². The summed E-state index contributed by atoms with van der Waals surface area (Å²) in [6, 6.07) is 0. The maximum absolute atomic E-state index is 11.0. The largest absolute Gasteiger partial charge is 0.645 e. The number of ether oxygens (including phenoxy) is 7. The van der Waals surface area contributed by atoms with Crippen molar-refractivity contribution in [2.45, 2.75) is 81.1 Å². The van der Waals surface area contributed by atoms with Crippen molar-refractivity contribution in [1.29, 1.82) is 0 Å². The number of rotatable bonds is 9. The molecule has 9 atom stereocenters. The minimum atomic E-state index is -1.19. The normalized spacial score (nSPS) is 44.5. The van der Waals surface area contributed by atoms with Gasteiger partial charge in [-0.15, -0.1) is 0 Å². The van der Waals surface area contributed by atoms with Crippen molar-refractivity contribution in [3.63, 3.8) is 0 Å². The number of methoxy groups -OCH3 is 1. The molecule has 3 aliphatic rings. The minimum Gasteiger partial charge on any atom is -0.645 e. The molecule has 0 amide bonds. The maximum Gasteiger partial charge on any atom is 0.161 e. The van der Waals surface area contributed by atoms with Crippen LogP contribution < -0.4 is 0 Å². The molecule has 12 heteroatoms. The van der Waals surface area contributed by atoms with Crippen molar-refractivity contribution < 1.29 is 113 Å². The summed E-state index contributed by atoms with van der Waals surface area (Å²) in [5.74, 6) is 0. The SMILES string of the molecule is COC1C(C2OCC2(C)O[C-]=O)OC(C)C2(OCC2(C)O[C-]=O)C1OCC(C)O.[Y].[Y]. The van der Waals surface area contributed by atoms with E-state index < -0.39 is 53.4 Å². The van der Waals surface area contributed by atoms with E-state index in [4.69, 9.17) is 33.2 Å². The Morgan fingerprint density at radius 3 is 2.23 bits per heavy atom. The van der Waals surface area contributed by atoms with Crippen LogP contribution in [0.1, 0.15) is 27.7 Å². The van der Waals surface area contributed by atoms with Gasteiger partial charge in [-0.05, 0) is 27.7 Å². The molecule has 0 aliphatic carbocycles. The fourth-order valence-electron chi connectivity index (χ4n) is 4.64. The molecular formula is C19H28O10Y2-2. The summed E-state index contributed by atoms with van der Waals surface area (Å²) >= 11 is 0. The minimum absolute atomic E-state index is 0. The van der Waals surface area contributed by atoms with Gasteiger partial charge in [-0.3, -0.25) is 0 Å². The molecular weight excluding hydrogens is 566 g/mol. The maximum atomic E-state index is 11.0. The first kappa shape index (κ1) is 29.9. The summed E-state index contributed by atoms with van der Waals surface area (Å²) in [7, 11) is 1.48. The second-order valence-corrected chi connectivity index (χ2v) is 8.27. The van der Waals surface area contributed by atoms with E-state index in [2.05, 4.69) is 0 Å². The molecule has 3 aliphatic heterocycles. The fraction of sp³-hybridized carbons (Fsp3) is 0.895. The van der Waals surface area contributed by atoms with Gasteiger partial charge in [0.2, 0.25) is 0 Å². The quantitative estimate of drug-likeness (QED) is 0.347.